The number of carbonyl (C=O) groups excluding carboxylic acids is 1. The van der Waals surface area contributed by atoms with Gasteiger partial charge in [0.25, 0.3) is 0 Å². The van der Waals surface area contributed by atoms with Crippen LogP contribution in [0.4, 0.5) is 10.1 Å². The molecule has 2 aromatic carbocycles. The van der Waals surface area contributed by atoms with Crippen LogP contribution in [0.1, 0.15) is 5.56 Å². The van der Waals surface area contributed by atoms with Crippen molar-refractivity contribution >= 4 is 33.1 Å². The molecule has 0 atom stereocenters. The number of anilines is 1. The molecule has 0 spiro atoms. The molecule has 3 aromatic rings. The number of aromatic nitrogens is 1. The van der Waals surface area contributed by atoms with E-state index < -0.39 is 0 Å². The molecular weight excluding hydrogens is 291 g/mol. The number of carbonyl (C=O) groups is 1. The minimum Gasteiger partial charge on any atom is -0.326 e. The summed E-state index contributed by atoms with van der Waals surface area (Å²) in [5.41, 5.74) is 1.96. The number of nitrogens with one attached hydrogen (secondary N) is 2. The van der Waals surface area contributed by atoms with Crippen molar-refractivity contribution in [1.29, 1.82) is 0 Å². The lowest BCUT2D eigenvalue weighted by Gasteiger charge is -2.05. The molecule has 1 amide bonds. The second-order valence-corrected chi connectivity index (χ2v) is 5.60. The highest BCUT2D eigenvalue weighted by Crippen LogP contribution is 2.19. The molecule has 2 N–H and O–H groups in total. The van der Waals surface area contributed by atoms with Crippen LogP contribution in [0.3, 0.4) is 0 Å². The summed E-state index contributed by atoms with van der Waals surface area (Å²) in [6, 6.07) is 11.1. The largest absolute Gasteiger partial charge is 0.326 e. The fraction of sp³-hybridized carbons (Fsp3) is 0.0667. The van der Waals surface area contributed by atoms with Crippen molar-refractivity contribution in [3.8, 4) is 0 Å². The molecule has 4 nitrogen and oxygen atoms in total. The van der Waals surface area contributed by atoms with Gasteiger partial charge in [-0.2, -0.15) is 0 Å². The van der Waals surface area contributed by atoms with Gasteiger partial charge in [0, 0.05) is 5.69 Å². The van der Waals surface area contributed by atoms with E-state index in [0.717, 1.165) is 21.6 Å². The fourth-order valence-electron chi connectivity index (χ4n) is 2.06. The molecule has 0 radical (unpaired) electrons. The minimum atomic E-state index is -0.362. The molecule has 1 aromatic heterocycles. The number of hydrogen-bond acceptors (Lipinski definition) is 3. The Kier molecular flexibility index (Phi) is 3.53. The minimum absolute atomic E-state index is 0.0964. The topological polar surface area (TPSA) is 62.0 Å². The Bertz CT molecular complexity index is 869. The Labute approximate surface area is 123 Å². The van der Waals surface area contributed by atoms with Crippen LogP contribution in [-0.2, 0) is 11.2 Å². The molecule has 0 fully saturated rings. The number of rotatable bonds is 3. The number of benzene rings is 2. The summed E-state index contributed by atoms with van der Waals surface area (Å²) in [5, 5.41) is 2.74. The SMILES string of the molecule is O=C(Cc1cccc(F)c1)Nc1ccc2[nH]c(=O)sc2c1. The molecule has 21 heavy (non-hydrogen) atoms. The average molecular weight is 302 g/mol. The van der Waals surface area contributed by atoms with Crippen LogP contribution in [0.5, 0.6) is 0 Å². The second-order valence-electron chi connectivity index (χ2n) is 4.58. The molecule has 6 heteroatoms. The van der Waals surface area contributed by atoms with Crippen molar-refractivity contribution in [3.63, 3.8) is 0 Å². The smallest absolute Gasteiger partial charge is 0.305 e. The molecule has 0 saturated heterocycles. The molecule has 106 valence electrons. The number of halogens is 1. The average Bonchev–Trinajstić information content (AvgIpc) is 2.78. The predicted octanol–water partition coefficient (Wildman–Crippen LogP) is 2.91. The van der Waals surface area contributed by atoms with Gasteiger partial charge in [0.2, 0.25) is 5.91 Å². The third-order valence-electron chi connectivity index (χ3n) is 2.96. The highest BCUT2D eigenvalue weighted by Gasteiger charge is 2.06. The lowest BCUT2D eigenvalue weighted by atomic mass is 10.1. The summed E-state index contributed by atoms with van der Waals surface area (Å²) in [7, 11) is 0. The highest BCUT2D eigenvalue weighted by atomic mass is 32.1. The fourth-order valence-corrected chi connectivity index (χ4v) is 2.84. The summed E-state index contributed by atoms with van der Waals surface area (Å²) < 4.78 is 13.8. The van der Waals surface area contributed by atoms with Crippen LogP contribution in [0, 0.1) is 5.82 Å². The van der Waals surface area contributed by atoms with E-state index in [1.165, 1.54) is 12.1 Å². The first-order chi connectivity index (χ1) is 10.1. The third-order valence-corrected chi connectivity index (χ3v) is 3.80. The first-order valence-corrected chi connectivity index (χ1v) is 7.09. The van der Waals surface area contributed by atoms with Crippen LogP contribution in [-0.4, -0.2) is 10.9 Å². The van der Waals surface area contributed by atoms with E-state index in [9.17, 15) is 14.0 Å². The maximum Gasteiger partial charge on any atom is 0.305 e. The van der Waals surface area contributed by atoms with Gasteiger partial charge in [-0.25, -0.2) is 4.39 Å². The van der Waals surface area contributed by atoms with Crippen LogP contribution >= 0.6 is 11.3 Å². The molecule has 0 bridgehead atoms. The summed E-state index contributed by atoms with van der Waals surface area (Å²) in [6.07, 6.45) is 0.0964. The van der Waals surface area contributed by atoms with Gasteiger partial charge >= 0.3 is 4.87 Å². The maximum absolute atomic E-state index is 13.1. The number of fused-ring (bicyclic) bond motifs is 1. The van der Waals surface area contributed by atoms with Crippen molar-refractivity contribution in [2.45, 2.75) is 6.42 Å². The van der Waals surface area contributed by atoms with Gasteiger partial charge in [-0.1, -0.05) is 23.5 Å². The molecule has 1 heterocycles. The summed E-state index contributed by atoms with van der Waals surface area (Å²) in [4.78, 5) is 25.7. The lowest BCUT2D eigenvalue weighted by molar-refractivity contribution is -0.115. The van der Waals surface area contributed by atoms with Gasteiger partial charge in [-0.15, -0.1) is 0 Å². The van der Waals surface area contributed by atoms with Crippen LogP contribution in [0.2, 0.25) is 0 Å². The summed E-state index contributed by atoms with van der Waals surface area (Å²) in [6.45, 7) is 0. The first kappa shape index (κ1) is 13.5. The van der Waals surface area contributed by atoms with Gasteiger partial charge in [-0.05, 0) is 35.9 Å². The van der Waals surface area contributed by atoms with Gasteiger partial charge in [-0.3, -0.25) is 9.59 Å². The van der Waals surface area contributed by atoms with Crippen molar-refractivity contribution in [1.82, 2.24) is 4.98 Å². The van der Waals surface area contributed by atoms with Crippen molar-refractivity contribution in [2.24, 2.45) is 0 Å². The molecule has 0 aliphatic rings. The zero-order valence-corrected chi connectivity index (χ0v) is 11.7. The van der Waals surface area contributed by atoms with Gasteiger partial charge in [0.05, 0.1) is 16.6 Å². The van der Waals surface area contributed by atoms with Crippen LogP contribution in [0.25, 0.3) is 10.2 Å². The van der Waals surface area contributed by atoms with E-state index in [4.69, 9.17) is 0 Å². The Morgan fingerprint density at radius 3 is 2.90 bits per heavy atom. The van der Waals surface area contributed by atoms with E-state index >= 15 is 0 Å². The highest BCUT2D eigenvalue weighted by molar-refractivity contribution is 7.16. The van der Waals surface area contributed by atoms with Gasteiger partial charge in [0.1, 0.15) is 5.82 Å². The molecule has 3 rings (SSSR count). The number of thiazole rings is 1. The van der Waals surface area contributed by atoms with Crippen LogP contribution < -0.4 is 10.2 Å². The van der Waals surface area contributed by atoms with E-state index in [0.29, 0.717) is 11.3 Å². The number of H-pyrrole nitrogens is 1. The van der Waals surface area contributed by atoms with E-state index in [2.05, 4.69) is 10.3 Å². The van der Waals surface area contributed by atoms with E-state index in [1.807, 2.05) is 0 Å². The summed E-state index contributed by atoms with van der Waals surface area (Å²) >= 11 is 1.09. The standard InChI is InChI=1S/C15H11FN2O2S/c16-10-3-1-2-9(6-10)7-14(19)17-11-4-5-12-13(8-11)21-15(20)18-12/h1-6,8H,7H2,(H,17,19)(H,18,20). The maximum atomic E-state index is 13.1. The van der Waals surface area contributed by atoms with E-state index in [-0.39, 0.29) is 23.0 Å². The number of aromatic amines is 1. The predicted molar refractivity (Wildman–Crippen MR) is 81.2 cm³/mol. The molecule has 0 saturated carbocycles. The van der Waals surface area contributed by atoms with Crippen LogP contribution in [0.15, 0.2) is 47.3 Å². The lowest BCUT2D eigenvalue weighted by Crippen LogP contribution is -2.14. The second kappa shape index (κ2) is 5.49. The molecule has 0 aliphatic carbocycles. The van der Waals surface area contributed by atoms with Crippen molar-refractivity contribution in [3.05, 3.63) is 63.5 Å². The monoisotopic (exact) mass is 302 g/mol. The molecule has 0 unspecified atom stereocenters. The quantitative estimate of drug-likeness (QED) is 0.781. The summed E-state index contributed by atoms with van der Waals surface area (Å²) in [5.74, 6) is -0.596. The van der Waals surface area contributed by atoms with Gasteiger partial charge < -0.3 is 10.3 Å². The third kappa shape index (κ3) is 3.17. The van der Waals surface area contributed by atoms with Gasteiger partial charge in [0.15, 0.2) is 0 Å². The van der Waals surface area contributed by atoms with Crippen molar-refractivity contribution in [2.75, 3.05) is 5.32 Å². The molecule has 0 aliphatic heterocycles. The number of hydrogen-bond donors (Lipinski definition) is 2. The number of amides is 1. The Hall–Kier alpha value is -2.47. The zero-order valence-electron chi connectivity index (χ0n) is 10.9. The normalized spacial score (nSPS) is 10.7. The zero-order chi connectivity index (χ0) is 14.8. The van der Waals surface area contributed by atoms with Crippen molar-refractivity contribution < 1.29 is 9.18 Å². The molecular formula is C15H11FN2O2S. The Morgan fingerprint density at radius 2 is 2.10 bits per heavy atom. The Balaban J connectivity index is 1.75. The first-order valence-electron chi connectivity index (χ1n) is 6.27. The van der Waals surface area contributed by atoms with E-state index in [1.54, 1.807) is 30.3 Å². The Morgan fingerprint density at radius 1 is 1.24 bits per heavy atom.